The highest BCUT2D eigenvalue weighted by atomic mass is 32.2. The predicted molar refractivity (Wildman–Crippen MR) is 81.8 cm³/mol. The van der Waals surface area contributed by atoms with Crippen LogP contribution in [0.3, 0.4) is 0 Å². The lowest BCUT2D eigenvalue weighted by molar-refractivity contribution is -0.274. The largest absolute Gasteiger partial charge is 0.573 e. The number of hydrogen-bond donors (Lipinski definition) is 1. The number of nitrogens with one attached hydrogen (secondary N) is 1. The quantitative estimate of drug-likeness (QED) is 0.745. The van der Waals surface area contributed by atoms with E-state index in [2.05, 4.69) is 23.9 Å². The molecule has 21 heavy (non-hydrogen) atoms. The van der Waals surface area contributed by atoms with Crippen molar-refractivity contribution in [1.29, 1.82) is 0 Å². The normalized spacial score (nSPS) is 14.8. The van der Waals surface area contributed by atoms with E-state index in [4.69, 9.17) is 0 Å². The molecule has 2 nitrogen and oxygen atoms in total. The van der Waals surface area contributed by atoms with E-state index in [1.54, 1.807) is 6.07 Å². The SMILES string of the molecule is CCNC(CSC(C)CC)c1cccc(OC(F)(F)F)c1. The van der Waals surface area contributed by atoms with E-state index < -0.39 is 6.36 Å². The molecule has 1 N–H and O–H groups in total. The third kappa shape index (κ3) is 7.09. The van der Waals surface area contributed by atoms with E-state index >= 15 is 0 Å². The van der Waals surface area contributed by atoms with Gasteiger partial charge in [0.2, 0.25) is 0 Å². The molecule has 0 spiro atoms. The molecule has 1 aromatic carbocycles. The number of alkyl halides is 3. The molecule has 0 fully saturated rings. The smallest absolute Gasteiger partial charge is 0.406 e. The highest BCUT2D eigenvalue weighted by molar-refractivity contribution is 7.99. The Labute approximate surface area is 128 Å². The van der Waals surface area contributed by atoms with Crippen LogP contribution in [0.4, 0.5) is 13.2 Å². The van der Waals surface area contributed by atoms with Gasteiger partial charge in [-0.05, 0) is 30.7 Å². The molecule has 0 bridgehead atoms. The topological polar surface area (TPSA) is 21.3 Å². The lowest BCUT2D eigenvalue weighted by atomic mass is 10.1. The predicted octanol–water partition coefficient (Wildman–Crippen LogP) is 4.77. The second-order valence-electron chi connectivity index (χ2n) is 4.78. The molecule has 0 heterocycles. The van der Waals surface area contributed by atoms with Gasteiger partial charge in [0.05, 0.1) is 0 Å². The van der Waals surface area contributed by atoms with E-state index in [-0.39, 0.29) is 11.8 Å². The average molecular weight is 321 g/mol. The number of benzene rings is 1. The Hall–Kier alpha value is -0.880. The van der Waals surface area contributed by atoms with Gasteiger partial charge in [0.1, 0.15) is 5.75 Å². The first-order valence-electron chi connectivity index (χ1n) is 7.06. The molecule has 2 atom stereocenters. The molecule has 0 aromatic heterocycles. The van der Waals surface area contributed by atoms with Crippen molar-refractivity contribution in [3.8, 4) is 5.75 Å². The maximum atomic E-state index is 12.3. The second kappa shape index (κ2) is 8.54. The van der Waals surface area contributed by atoms with E-state index in [0.717, 1.165) is 24.3 Å². The zero-order valence-electron chi connectivity index (χ0n) is 12.5. The van der Waals surface area contributed by atoms with E-state index in [1.807, 2.05) is 24.8 Å². The van der Waals surface area contributed by atoms with Gasteiger partial charge in [-0.2, -0.15) is 11.8 Å². The van der Waals surface area contributed by atoms with Crippen LogP contribution in [0.2, 0.25) is 0 Å². The third-order valence-electron chi connectivity index (χ3n) is 3.07. The fourth-order valence-electron chi connectivity index (χ4n) is 1.83. The second-order valence-corrected chi connectivity index (χ2v) is 6.25. The Morgan fingerprint density at radius 1 is 1.29 bits per heavy atom. The van der Waals surface area contributed by atoms with Crippen LogP contribution in [0.15, 0.2) is 24.3 Å². The van der Waals surface area contributed by atoms with Crippen molar-refractivity contribution >= 4 is 11.8 Å². The molecule has 0 aliphatic carbocycles. The summed E-state index contributed by atoms with van der Waals surface area (Å²) >= 11 is 1.81. The van der Waals surface area contributed by atoms with Crippen LogP contribution in [0.1, 0.15) is 38.8 Å². The maximum Gasteiger partial charge on any atom is 0.573 e. The molecule has 0 aliphatic rings. The van der Waals surface area contributed by atoms with Crippen LogP contribution in [0.25, 0.3) is 0 Å². The third-order valence-corrected chi connectivity index (χ3v) is 4.50. The fourth-order valence-corrected chi connectivity index (χ4v) is 2.89. The average Bonchev–Trinajstić information content (AvgIpc) is 2.41. The van der Waals surface area contributed by atoms with Crippen molar-refractivity contribution in [2.45, 2.75) is 44.8 Å². The lowest BCUT2D eigenvalue weighted by Gasteiger charge is -2.20. The van der Waals surface area contributed by atoms with Gasteiger partial charge < -0.3 is 10.1 Å². The summed E-state index contributed by atoms with van der Waals surface area (Å²) in [6.07, 6.45) is -3.58. The van der Waals surface area contributed by atoms with Crippen molar-refractivity contribution < 1.29 is 17.9 Å². The molecule has 120 valence electrons. The Balaban J connectivity index is 2.79. The summed E-state index contributed by atoms with van der Waals surface area (Å²) in [5.41, 5.74) is 0.814. The van der Waals surface area contributed by atoms with E-state index in [1.165, 1.54) is 12.1 Å². The molecule has 0 saturated heterocycles. The maximum absolute atomic E-state index is 12.3. The standard InChI is InChI=1S/C15H22F3NOS/c1-4-11(3)21-10-14(19-5-2)12-7-6-8-13(9-12)20-15(16,17)18/h6-9,11,14,19H,4-5,10H2,1-3H3. The van der Waals surface area contributed by atoms with Crippen LogP contribution in [-0.2, 0) is 0 Å². The summed E-state index contributed by atoms with van der Waals surface area (Å²) in [5, 5.41) is 3.84. The van der Waals surface area contributed by atoms with Gasteiger partial charge in [-0.3, -0.25) is 0 Å². The molecule has 0 radical (unpaired) electrons. The van der Waals surface area contributed by atoms with Gasteiger partial charge in [-0.1, -0.05) is 32.9 Å². The molecule has 6 heteroatoms. The molecule has 0 saturated carbocycles. The van der Waals surface area contributed by atoms with E-state index in [0.29, 0.717) is 5.25 Å². The van der Waals surface area contributed by atoms with Crippen LogP contribution < -0.4 is 10.1 Å². The molecular formula is C15H22F3NOS. The lowest BCUT2D eigenvalue weighted by Crippen LogP contribution is -2.24. The number of halogens is 3. The minimum atomic E-state index is -4.65. The van der Waals surface area contributed by atoms with Crippen LogP contribution in [0, 0.1) is 0 Å². The van der Waals surface area contributed by atoms with Gasteiger partial charge >= 0.3 is 6.36 Å². The first-order chi connectivity index (χ1) is 9.85. The summed E-state index contributed by atoms with van der Waals surface area (Å²) in [6, 6.07) is 6.22. The number of ether oxygens (including phenoxy) is 1. The van der Waals surface area contributed by atoms with E-state index in [9.17, 15) is 13.2 Å². The zero-order chi connectivity index (χ0) is 15.9. The highest BCUT2D eigenvalue weighted by Crippen LogP contribution is 2.28. The molecule has 1 rings (SSSR count). The van der Waals surface area contributed by atoms with Gasteiger partial charge in [0.15, 0.2) is 0 Å². The minimum absolute atomic E-state index is 0.0192. The monoisotopic (exact) mass is 321 g/mol. The van der Waals surface area contributed by atoms with Crippen LogP contribution >= 0.6 is 11.8 Å². The van der Waals surface area contributed by atoms with Crippen molar-refractivity contribution in [1.82, 2.24) is 5.32 Å². The van der Waals surface area contributed by atoms with Crippen molar-refractivity contribution in [3.63, 3.8) is 0 Å². The van der Waals surface area contributed by atoms with Gasteiger partial charge in [-0.15, -0.1) is 13.2 Å². The summed E-state index contributed by atoms with van der Waals surface area (Å²) in [6.45, 7) is 7.02. The minimum Gasteiger partial charge on any atom is -0.406 e. The van der Waals surface area contributed by atoms with Crippen molar-refractivity contribution in [2.75, 3.05) is 12.3 Å². The highest BCUT2D eigenvalue weighted by Gasteiger charge is 2.31. The summed E-state index contributed by atoms with van der Waals surface area (Å²) in [4.78, 5) is 0. The number of rotatable bonds is 8. The summed E-state index contributed by atoms with van der Waals surface area (Å²) < 4.78 is 40.8. The van der Waals surface area contributed by atoms with Gasteiger partial charge in [-0.25, -0.2) is 0 Å². The first kappa shape index (κ1) is 18.2. The molecular weight excluding hydrogens is 299 g/mol. The zero-order valence-corrected chi connectivity index (χ0v) is 13.4. The van der Waals surface area contributed by atoms with Crippen molar-refractivity contribution in [2.24, 2.45) is 0 Å². The fraction of sp³-hybridized carbons (Fsp3) is 0.600. The van der Waals surface area contributed by atoms with Gasteiger partial charge in [0.25, 0.3) is 0 Å². The Morgan fingerprint density at radius 3 is 2.57 bits per heavy atom. The first-order valence-corrected chi connectivity index (χ1v) is 8.11. The Morgan fingerprint density at radius 2 is 2.00 bits per heavy atom. The van der Waals surface area contributed by atoms with Crippen LogP contribution in [0.5, 0.6) is 5.75 Å². The molecule has 1 aromatic rings. The van der Waals surface area contributed by atoms with Crippen LogP contribution in [-0.4, -0.2) is 23.9 Å². The molecule has 2 unspecified atom stereocenters. The summed E-state index contributed by atoms with van der Waals surface area (Å²) in [7, 11) is 0. The number of hydrogen-bond acceptors (Lipinski definition) is 3. The van der Waals surface area contributed by atoms with Crippen molar-refractivity contribution in [3.05, 3.63) is 29.8 Å². The number of thioether (sulfide) groups is 1. The molecule has 0 aliphatic heterocycles. The summed E-state index contributed by atoms with van der Waals surface area (Å²) in [5.74, 6) is 0.648. The molecule has 0 amide bonds. The van der Waals surface area contributed by atoms with Gasteiger partial charge in [0, 0.05) is 17.0 Å². The Kier molecular flexibility index (Phi) is 7.39. The Bertz CT molecular complexity index is 426.